The number of aryl methyl sites for hydroxylation is 2. The Balaban J connectivity index is 2.36. The molecule has 0 saturated heterocycles. The van der Waals surface area contributed by atoms with Crippen molar-refractivity contribution in [1.82, 2.24) is 0 Å². The molecule has 3 nitrogen and oxygen atoms in total. The highest BCUT2D eigenvalue weighted by molar-refractivity contribution is 5.99. The van der Waals surface area contributed by atoms with E-state index in [1.54, 1.807) is 18.2 Å². The Morgan fingerprint density at radius 2 is 1.84 bits per heavy atom. The number of anilines is 1. The fourth-order valence-corrected chi connectivity index (χ4v) is 1.85. The molecule has 0 amide bonds. The van der Waals surface area contributed by atoms with E-state index in [0.717, 1.165) is 16.9 Å². The van der Waals surface area contributed by atoms with Gasteiger partial charge < -0.3 is 10.5 Å². The molecule has 0 aliphatic carbocycles. The van der Waals surface area contributed by atoms with E-state index in [1.165, 1.54) is 6.92 Å². The van der Waals surface area contributed by atoms with E-state index in [9.17, 15) is 4.79 Å². The van der Waals surface area contributed by atoms with Gasteiger partial charge in [-0.05, 0) is 56.2 Å². The number of carbonyl (C=O) groups excluding carboxylic acids is 1. The van der Waals surface area contributed by atoms with E-state index in [-0.39, 0.29) is 5.78 Å². The Kier molecular flexibility index (Phi) is 3.56. The van der Waals surface area contributed by atoms with Crippen molar-refractivity contribution in [3.8, 4) is 11.5 Å². The Bertz CT molecular complexity index is 633. The van der Waals surface area contributed by atoms with Gasteiger partial charge in [0.2, 0.25) is 0 Å². The lowest BCUT2D eigenvalue weighted by molar-refractivity contribution is 0.101. The summed E-state index contributed by atoms with van der Waals surface area (Å²) < 4.78 is 5.83. The maximum atomic E-state index is 11.5. The van der Waals surface area contributed by atoms with Crippen molar-refractivity contribution >= 4 is 11.5 Å². The molecule has 2 N–H and O–H groups in total. The van der Waals surface area contributed by atoms with Gasteiger partial charge in [-0.1, -0.05) is 12.1 Å². The first-order valence-corrected chi connectivity index (χ1v) is 6.13. The predicted molar refractivity (Wildman–Crippen MR) is 76.8 cm³/mol. The highest BCUT2D eigenvalue weighted by atomic mass is 16.5. The number of benzene rings is 2. The zero-order chi connectivity index (χ0) is 14.0. The molecule has 0 fully saturated rings. The van der Waals surface area contributed by atoms with Crippen molar-refractivity contribution in [3.63, 3.8) is 0 Å². The number of carbonyl (C=O) groups is 1. The molecule has 98 valence electrons. The molecule has 0 heterocycles. The summed E-state index contributed by atoms with van der Waals surface area (Å²) >= 11 is 0. The van der Waals surface area contributed by atoms with Crippen LogP contribution in [0.25, 0.3) is 0 Å². The molecule has 0 aliphatic heterocycles. The second kappa shape index (κ2) is 5.14. The van der Waals surface area contributed by atoms with Crippen LogP contribution in [0.3, 0.4) is 0 Å². The summed E-state index contributed by atoms with van der Waals surface area (Å²) in [4.78, 5) is 11.5. The van der Waals surface area contributed by atoms with Gasteiger partial charge in [0, 0.05) is 11.3 Å². The summed E-state index contributed by atoms with van der Waals surface area (Å²) in [5.74, 6) is 1.34. The largest absolute Gasteiger partial charge is 0.457 e. The highest BCUT2D eigenvalue weighted by Gasteiger charge is 2.08. The van der Waals surface area contributed by atoms with Crippen molar-refractivity contribution in [2.75, 3.05) is 5.73 Å². The molecular formula is C16H17NO2. The van der Waals surface area contributed by atoms with Crippen molar-refractivity contribution in [3.05, 3.63) is 53.1 Å². The lowest BCUT2D eigenvalue weighted by Gasteiger charge is -2.11. The molecule has 0 unspecified atom stereocenters. The van der Waals surface area contributed by atoms with Crippen LogP contribution < -0.4 is 10.5 Å². The van der Waals surface area contributed by atoms with E-state index in [0.29, 0.717) is 17.0 Å². The Morgan fingerprint density at radius 1 is 1.11 bits per heavy atom. The second-order valence-electron chi connectivity index (χ2n) is 4.68. The van der Waals surface area contributed by atoms with Crippen molar-refractivity contribution in [2.24, 2.45) is 0 Å². The fourth-order valence-electron chi connectivity index (χ4n) is 1.85. The van der Waals surface area contributed by atoms with Crippen molar-refractivity contribution in [1.29, 1.82) is 0 Å². The molecule has 0 bridgehead atoms. The van der Waals surface area contributed by atoms with Crippen LogP contribution in [0.2, 0.25) is 0 Å². The number of ether oxygens (including phenoxy) is 1. The molecule has 0 radical (unpaired) electrons. The van der Waals surface area contributed by atoms with Gasteiger partial charge in [0.05, 0.1) is 0 Å². The number of rotatable bonds is 3. The molecule has 0 spiro atoms. The van der Waals surface area contributed by atoms with Gasteiger partial charge >= 0.3 is 0 Å². The summed E-state index contributed by atoms with van der Waals surface area (Å²) in [5, 5.41) is 0. The molecule has 2 aromatic carbocycles. The summed E-state index contributed by atoms with van der Waals surface area (Å²) in [7, 11) is 0. The van der Waals surface area contributed by atoms with Crippen molar-refractivity contribution < 1.29 is 9.53 Å². The number of Topliss-reactive ketones (excluding diaryl/α,β-unsaturated/α-hetero) is 1. The number of ketones is 1. The van der Waals surface area contributed by atoms with Crippen LogP contribution in [-0.4, -0.2) is 5.78 Å². The second-order valence-corrected chi connectivity index (χ2v) is 4.68. The number of hydrogen-bond donors (Lipinski definition) is 1. The van der Waals surface area contributed by atoms with E-state index in [4.69, 9.17) is 10.5 Å². The number of hydrogen-bond acceptors (Lipinski definition) is 3. The summed E-state index contributed by atoms with van der Waals surface area (Å²) in [5.41, 5.74) is 8.90. The lowest BCUT2D eigenvalue weighted by Crippen LogP contribution is -2.00. The molecular weight excluding hydrogens is 238 g/mol. The first-order chi connectivity index (χ1) is 8.97. The third-order valence-corrected chi connectivity index (χ3v) is 2.98. The average Bonchev–Trinajstić information content (AvgIpc) is 2.36. The third kappa shape index (κ3) is 2.94. The first kappa shape index (κ1) is 13.1. The zero-order valence-electron chi connectivity index (χ0n) is 11.4. The molecule has 0 saturated carbocycles. The lowest BCUT2D eigenvalue weighted by atomic mass is 10.1. The van der Waals surface area contributed by atoms with Gasteiger partial charge in [0.15, 0.2) is 5.78 Å². The average molecular weight is 255 g/mol. The van der Waals surface area contributed by atoms with Gasteiger partial charge in [-0.15, -0.1) is 0 Å². The van der Waals surface area contributed by atoms with E-state index in [2.05, 4.69) is 0 Å². The van der Waals surface area contributed by atoms with Gasteiger partial charge in [-0.25, -0.2) is 0 Å². The van der Waals surface area contributed by atoms with Crippen LogP contribution >= 0.6 is 0 Å². The summed E-state index contributed by atoms with van der Waals surface area (Å²) in [6.07, 6.45) is 0. The van der Waals surface area contributed by atoms with Crippen LogP contribution in [0.1, 0.15) is 28.4 Å². The molecule has 0 atom stereocenters. The van der Waals surface area contributed by atoms with E-state index < -0.39 is 0 Å². The summed E-state index contributed by atoms with van der Waals surface area (Å²) in [6.45, 7) is 5.49. The van der Waals surface area contributed by atoms with E-state index >= 15 is 0 Å². The predicted octanol–water partition coefficient (Wildman–Crippen LogP) is 3.88. The fraction of sp³-hybridized carbons (Fsp3) is 0.188. The molecule has 2 rings (SSSR count). The minimum absolute atomic E-state index is 0.0658. The van der Waals surface area contributed by atoms with Crippen LogP contribution in [-0.2, 0) is 0 Å². The van der Waals surface area contributed by atoms with Crippen LogP contribution in [0.4, 0.5) is 5.69 Å². The Labute approximate surface area is 113 Å². The SMILES string of the molecule is CC(=O)c1cc(Oc2cc(C)ccc2C)ccc1N. The monoisotopic (exact) mass is 255 g/mol. The van der Waals surface area contributed by atoms with Gasteiger partial charge in [0.1, 0.15) is 11.5 Å². The van der Waals surface area contributed by atoms with E-state index in [1.807, 2.05) is 32.0 Å². The normalized spacial score (nSPS) is 10.3. The smallest absolute Gasteiger partial charge is 0.162 e. The maximum absolute atomic E-state index is 11.5. The Morgan fingerprint density at radius 3 is 2.53 bits per heavy atom. The Hall–Kier alpha value is -2.29. The van der Waals surface area contributed by atoms with Gasteiger partial charge in [0.25, 0.3) is 0 Å². The highest BCUT2D eigenvalue weighted by Crippen LogP contribution is 2.28. The number of nitrogen functional groups attached to an aromatic ring is 1. The molecule has 2 aromatic rings. The maximum Gasteiger partial charge on any atom is 0.162 e. The minimum Gasteiger partial charge on any atom is -0.457 e. The molecule has 19 heavy (non-hydrogen) atoms. The van der Waals surface area contributed by atoms with Crippen LogP contribution in [0.15, 0.2) is 36.4 Å². The van der Waals surface area contributed by atoms with Crippen LogP contribution in [0, 0.1) is 13.8 Å². The first-order valence-electron chi connectivity index (χ1n) is 6.13. The van der Waals surface area contributed by atoms with Gasteiger partial charge in [-0.2, -0.15) is 0 Å². The van der Waals surface area contributed by atoms with Gasteiger partial charge in [-0.3, -0.25) is 4.79 Å². The molecule has 0 aliphatic rings. The summed E-state index contributed by atoms with van der Waals surface area (Å²) in [6, 6.07) is 11.2. The topological polar surface area (TPSA) is 52.3 Å². The third-order valence-electron chi connectivity index (χ3n) is 2.98. The zero-order valence-corrected chi connectivity index (χ0v) is 11.4. The molecule has 0 aromatic heterocycles. The standard InChI is InChI=1S/C16H17NO2/c1-10-4-5-11(2)16(8-10)19-13-6-7-15(17)14(9-13)12(3)18/h4-9H,17H2,1-3H3. The van der Waals surface area contributed by atoms with Crippen LogP contribution in [0.5, 0.6) is 11.5 Å². The minimum atomic E-state index is -0.0658. The quantitative estimate of drug-likeness (QED) is 0.669. The molecule has 3 heteroatoms. The number of nitrogens with two attached hydrogens (primary N) is 1. The van der Waals surface area contributed by atoms with Crippen molar-refractivity contribution in [2.45, 2.75) is 20.8 Å².